The highest BCUT2D eigenvalue weighted by molar-refractivity contribution is 5.41. The van der Waals surface area contributed by atoms with Crippen LogP contribution in [-0.4, -0.2) is 6.61 Å². The van der Waals surface area contributed by atoms with Crippen molar-refractivity contribution in [2.75, 3.05) is 0 Å². The highest BCUT2D eigenvalue weighted by Crippen LogP contribution is 2.22. The van der Waals surface area contributed by atoms with Gasteiger partial charge in [-0.1, -0.05) is 18.7 Å². The van der Waals surface area contributed by atoms with Crippen molar-refractivity contribution in [2.24, 2.45) is 0 Å². The Morgan fingerprint density at radius 3 is 2.69 bits per heavy atom. The lowest BCUT2D eigenvalue weighted by atomic mass is 10.1. The molecular weight excluding hydrogens is 174 g/mol. The number of alkyl halides is 2. The van der Waals surface area contributed by atoms with Gasteiger partial charge in [0.2, 0.25) is 0 Å². The summed E-state index contributed by atoms with van der Waals surface area (Å²) in [6.45, 7) is 2.34. The van der Waals surface area contributed by atoms with Crippen molar-refractivity contribution >= 4 is 0 Å². The van der Waals surface area contributed by atoms with Crippen molar-refractivity contribution in [1.82, 2.24) is 0 Å². The van der Waals surface area contributed by atoms with Crippen LogP contribution in [0, 0.1) is 13.0 Å². The van der Waals surface area contributed by atoms with Crippen molar-refractivity contribution < 1.29 is 13.5 Å². The molecule has 1 nitrogen and oxygen atoms in total. The van der Waals surface area contributed by atoms with Crippen molar-refractivity contribution in [2.45, 2.75) is 13.5 Å². The highest BCUT2D eigenvalue weighted by atomic mass is 19.3. The molecule has 0 N–H and O–H groups in total. The zero-order valence-corrected chi connectivity index (χ0v) is 7.18. The predicted molar refractivity (Wildman–Crippen MR) is 45.8 cm³/mol. The Bertz CT molecular complexity index is 308. The summed E-state index contributed by atoms with van der Waals surface area (Å²) in [4.78, 5) is 0. The van der Waals surface area contributed by atoms with Crippen LogP contribution in [0.2, 0.25) is 0 Å². The first-order chi connectivity index (χ1) is 6.15. The highest BCUT2D eigenvalue weighted by Gasteiger charge is 2.08. The largest absolute Gasteiger partial charge is 0.435 e. The molecular formula is C10H9F2O. The first-order valence-electron chi connectivity index (χ1n) is 3.72. The van der Waals surface area contributed by atoms with E-state index in [1.165, 1.54) is 6.07 Å². The Hall–Kier alpha value is -1.38. The third kappa shape index (κ3) is 2.28. The first-order valence-corrected chi connectivity index (χ1v) is 3.72. The van der Waals surface area contributed by atoms with E-state index in [0.29, 0.717) is 11.1 Å². The summed E-state index contributed by atoms with van der Waals surface area (Å²) in [6, 6.07) is 4.85. The lowest BCUT2D eigenvalue weighted by Gasteiger charge is -2.08. The second-order valence-corrected chi connectivity index (χ2v) is 2.48. The van der Waals surface area contributed by atoms with Gasteiger partial charge in [0.1, 0.15) is 5.75 Å². The Morgan fingerprint density at radius 2 is 2.15 bits per heavy atom. The summed E-state index contributed by atoms with van der Waals surface area (Å²) in [5.41, 5.74) is 1.30. The van der Waals surface area contributed by atoms with Gasteiger partial charge in [0.25, 0.3) is 0 Å². The molecule has 0 aromatic heterocycles. The number of rotatable bonds is 3. The topological polar surface area (TPSA) is 9.23 Å². The molecule has 1 aromatic carbocycles. The summed E-state index contributed by atoms with van der Waals surface area (Å²) >= 11 is 0. The second-order valence-electron chi connectivity index (χ2n) is 2.48. The molecule has 0 amide bonds. The SMILES string of the molecule is C=[C]c1cccc(OC(F)F)c1C. The molecule has 0 unspecified atom stereocenters. The van der Waals surface area contributed by atoms with E-state index in [4.69, 9.17) is 0 Å². The van der Waals surface area contributed by atoms with Crippen LogP contribution in [0.4, 0.5) is 8.78 Å². The fraction of sp³-hybridized carbons (Fsp3) is 0.200. The van der Waals surface area contributed by atoms with Gasteiger partial charge in [0.05, 0.1) is 0 Å². The molecule has 0 spiro atoms. The van der Waals surface area contributed by atoms with Gasteiger partial charge in [-0.3, -0.25) is 0 Å². The van der Waals surface area contributed by atoms with Crippen molar-refractivity contribution in [3.05, 3.63) is 42.0 Å². The molecule has 0 saturated heterocycles. The molecule has 0 aliphatic rings. The standard InChI is InChI=1S/C10H9F2O/c1-3-8-5-4-6-9(7(8)2)13-10(11)12/h4-6,10H,1H2,2H3. The Morgan fingerprint density at radius 1 is 1.46 bits per heavy atom. The van der Waals surface area contributed by atoms with Crippen LogP contribution in [0.5, 0.6) is 5.75 Å². The predicted octanol–water partition coefficient (Wildman–Crippen LogP) is 2.93. The molecule has 0 aliphatic carbocycles. The maximum atomic E-state index is 11.9. The van der Waals surface area contributed by atoms with Crippen molar-refractivity contribution in [3.63, 3.8) is 0 Å². The number of ether oxygens (including phenoxy) is 1. The third-order valence-electron chi connectivity index (χ3n) is 1.69. The number of hydrogen-bond acceptors (Lipinski definition) is 1. The van der Waals surface area contributed by atoms with Crippen LogP contribution in [0.15, 0.2) is 24.8 Å². The van der Waals surface area contributed by atoms with E-state index < -0.39 is 6.61 Å². The molecule has 0 atom stereocenters. The normalized spacial score (nSPS) is 10.2. The first kappa shape index (κ1) is 9.71. The summed E-state index contributed by atoms with van der Waals surface area (Å²) in [6.07, 6.45) is 2.63. The van der Waals surface area contributed by atoms with Gasteiger partial charge in [-0.15, -0.1) is 0 Å². The van der Waals surface area contributed by atoms with E-state index in [-0.39, 0.29) is 5.75 Å². The summed E-state index contributed by atoms with van der Waals surface area (Å²) in [7, 11) is 0. The van der Waals surface area contributed by atoms with E-state index >= 15 is 0 Å². The number of halogens is 2. The lowest BCUT2D eigenvalue weighted by Crippen LogP contribution is -2.03. The molecule has 0 aliphatic heterocycles. The zero-order valence-electron chi connectivity index (χ0n) is 7.18. The van der Waals surface area contributed by atoms with Crippen LogP contribution in [0.1, 0.15) is 11.1 Å². The van der Waals surface area contributed by atoms with E-state index in [1.54, 1.807) is 19.1 Å². The summed E-state index contributed by atoms with van der Waals surface area (Å²) < 4.78 is 28.0. The Labute approximate surface area is 75.6 Å². The molecule has 69 valence electrons. The van der Waals surface area contributed by atoms with E-state index in [2.05, 4.69) is 17.4 Å². The summed E-state index contributed by atoms with van der Waals surface area (Å²) in [5, 5.41) is 0. The molecule has 0 bridgehead atoms. The molecule has 1 aromatic rings. The average molecular weight is 183 g/mol. The van der Waals surface area contributed by atoms with E-state index in [9.17, 15) is 8.78 Å². The third-order valence-corrected chi connectivity index (χ3v) is 1.69. The van der Waals surface area contributed by atoms with Gasteiger partial charge in [-0.2, -0.15) is 8.78 Å². The minimum atomic E-state index is -2.79. The van der Waals surface area contributed by atoms with Gasteiger partial charge in [0.15, 0.2) is 0 Å². The summed E-state index contributed by atoms with van der Waals surface area (Å²) in [5.74, 6) is 0.170. The molecule has 1 rings (SSSR count). The fourth-order valence-corrected chi connectivity index (χ4v) is 1.03. The van der Waals surface area contributed by atoms with Crippen LogP contribution in [-0.2, 0) is 0 Å². The minimum Gasteiger partial charge on any atom is -0.435 e. The Balaban J connectivity index is 3.01. The van der Waals surface area contributed by atoms with Gasteiger partial charge >= 0.3 is 6.61 Å². The molecule has 13 heavy (non-hydrogen) atoms. The zero-order chi connectivity index (χ0) is 9.84. The van der Waals surface area contributed by atoms with Crippen LogP contribution in [0.3, 0.4) is 0 Å². The Kier molecular flexibility index (Phi) is 3.01. The average Bonchev–Trinajstić information content (AvgIpc) is 2.08. The van der Waals surface area contributed by atoms with Crippen LogP contribution in [0.25, 0.3) is 0 Å². The van der Waals surface area contributed by atoms with Gasteiger partial charge < -0.3 is 4.74 Å². The maximum absolute atomic E-state index is 11.9. The molecule has 0 saturated carbocycles. The van der Waals surface area contributed by atoms with Gasteiger partial charge in [0, 0.05) is 0 Å². The monoisotopic (exact) mass is 183 g/mol. The number of hydrogen-bond donors (Lipinski definition) is 0. The maximum Gasteiger partial charge on any atom is 0.387 e. The molecule has 0 fully saturated rings. The smallest absolute Gasteiger partial charge is 0.387 e. The number of benzene rings is 1. The van der Waals surface area contributed by atoms with Gasteiger partial charge in [-0.05, 0) is 30.2 Å². The molecule has 0 heterocycles. The lowest BCUT2D eigenvalue weighted by molar-refractivity contribution is -0.0503. The second kappa shape index (κ2) is 4.03. The molecule has 3 heteroatoms. The molecule has 1 radical (unpaired) electrons. The van der Waals surface area contributed by atoms with Crippen LogP contribution >= 0.6 is 0 Å². The van der Waals surface area contributed by atoms with Crippen LogP contribution < -0.4 is 4.74 Å². The van der Waals surface area contributed by atoms with Crippen molar-refractivity contribution in [3.8, 4) is 5.75 Å². The van der Waals surface area contributed by atoms with Gasteiger partial charge in [-0.25, -0.2) is 0 Å². The minimum absolute atomic E-state index is 0.170. The quantitative estimate of drug-likeness (QED) is 0.700. The fourth-order valence-electron chi connectivity index (χ4n) is 1.03. The van der Waals surface area contributed by atoms with E-state index in [0.717, 1.165) is 0 Å². The van der Waals surface area contributed by atoms with Crippen molar-refractivity contribution in [1.29, 1.82) is 0 Å². The van der Waals surface area contributed by atoms with E-state index in [1.807, 2.05) is 0 Å².